The number of carboxylic acids is 1. The molecule has 1 rings (SSSR count). The Balaban J connectivity index is 3.42. The monoisotopic (exact) mass is 251 g/mol. The molecular formula is C14H21NO3. The maximum Gasteiger partial charge on any atom is 0.312 e. The second-order valence-electron chi connectivity index (χ2n) is 5.60. The van der Waals surface area contributed by atoms with E-state index in [1.165, 1.54) is 0 Å². The van der Waals surface area contributed by atoms with Crippen molar-refractivity contribution in [2.24, 2.45) is 5.73 Å². The fourth-order valence-corrected chi connectivity index (χ4v) is 2.05. The minimum absolute atomic E-state index is 0.0462. The summed E-state index contributed by atoms with van der Waals surface area (Å²) in [6.07, 6.45) is 0. The van der Waals surface area contributed by atoms with Crippen molar-refractivity contribution < 1.29 is 15.0 Å². The van der Waals surface area contributed by atoms with Gasteiger partial charge in [0.15, 0.2) is 0 Å². The van der Waals surface area contributed by atoms with E-state index in [9.17, 15) is 15.0 Å². The molecule has 1 aromatic carbocycles. The Morgan fingerprint density at radius 2 is 1.94 bits per heavy atom. The maximum atomic E-state index is 11.2. The Labute approximate surface area is 107 Å². The van der Waals surface area contributed by atoms with Crippen LogP contribution in [0.5, 0.6) is 5.75 Å². The average Bonchev–Trinajstić information content (AvgIpc) is 2.19. The molecule has 0 saturated carbocycles. The molecule has 1 aromatic rings. The zero-order chi connectivity index (χ0) is 14.1. The highest BCUT2D eigenvalue weighted by atomic mass is 16.4. The number of carboxylic acid groups (broad SMARTS) is 1. The third-order valence-corrected chi connectivity index (χ3v) is 3.10. The molecule has 0 bridgehead atoms. The smallest absolute Gasteiger partial charge is 0.312 e. The number of aromatic hydroxyl groups is 1. The van der Waals surface area contributed by atoms with Crippen LogP contribution in [-0.2, 0) is 10.2 Å². The Kier molecular flexibility index (Phi) is 4.02. The van der Waals surface area contributed by atoms with Gasteiger partial charge in [0.1, 0.15) is 5.75 Å². The van der Waals surface area contributed by atoms with Gasteiger partial charge in [-0.25, -0.2) is 0 Å². The van der Waals surface area contributed by atoms with Crippen LogP contribution in [0, 0.1) is 6.92 Å². The number of hydrogen-bond acceptors (Lipinski definition) is 3. The molecule has 1 unspecified atom stereocenters. The van der Waals surface area contributed by atoms with Gasteiger partial charge in [-0.1, -0.05) is 26.8 Å². The van der Waals surface area contributed by atoms with Crippen molar-refractivity contribution in [2.75, 3.05) is 6.54 Å². The van der Waals surface area contributed by atoms with E-state index < -0.39 is 11.9 Å². The number of phenolic OH excluding ortho intramolecular Hbond substituents is 1. The van der Waals surface area contributed by atoms with Gasteiger partial charge < -0.3 is 15.9 Å². The van der Waals surface area contributed by atoms with Gasteiger partial charge in [-0.3, -0.25) is 4.79 Å². The van der Waals surface area contributed by atoms with Gasteiger partial charge in [-0.05, 0) is 35.1 Å². The molecule has 0 fully saturated rings. The summed E-state index contributed by atoms with van der Waals surface area (Å²) in [4.78, 5) is 11.2. The van der Waals surface area contributed by atoms with Gasteiger partial charge >= 0.3 is 5.97 Å². The molecule has 1 atom stereocenters. The summed E-state index contributed by atoms with van der Waals surface area (Å²) < 4.78 is 0. The van der Waals surface area contributed by atoms with E-state index in [1.807, 2.05) is 20.8 Å². The van der Waals surface area contributed by atoms with Crippen molar-refractivity contribution in [3.8, 4) is 5.75 Å². The van der Waals surface area contributed by atoms with Gasteiger partial charge in [0.25, 0.3) is 0 Å². The van der Waals surface area contributed by atoms with Gasteiger partial charge in [0.05, 0.1) is 5.92 Å². The summed E-state index contributed by atoms with van der Waals surface area (Å²) >= 11 is 0. The van der Waals surface area contributed by atoms with Crippen molar-refractivity contribution in [1.82, 2.24) is 0 Å². The fraction of sp³-hybridized carbons (Fsp3) is 0.500. The predicted octanol–water partition coefficient (Wildman–Crippen LogP) is 2.13. The molecule has 18 heavy (non-hydrogen) atoms. The third-order valence-electron chi connectivity index (χ3n) is 3.10. The lowest BCUT2D eigenvalue weighted by molar-refractivity contribution is -0.138. The maximum absolute atomic E-state index is 11.2. The summed E-state index contributed by atoms with van der Waals surface area (Å²) in [7, 11) is 0. The molecule has 0 aliphatic rings. The Morgan fingerprint density at radius 3 is 2.33 bits per heavy atom. The van der Waals surface area contributed by atoms with Crippen LogP contribution in [0.1, 0.15) is 43.4 Å². The topological polar surface area (TPSA) is 83.5 Å². The van der Waals surface area contributed by atoms with Gasteiger partial charge in [-0.15, -0.1) is 0 Å². The summed E-state index contributed by atoms with van der Waals surface area (Å²) in [5, 5.41) is 19.1. The number of hydrogen-bond donors (Lipinski definition) is 3. The molecule has 100 valence electrons. The number of aryl methyl sites for hydroxylation is 1. The van der Waals surface area contributed by atoms with E-state index in [0.29, 0.717) is 5.56 Å². The fourth-order valence-electron chi connectivity index (χ4n) is 2.05. The zero-order valence-electron chi connectivity index (χ0n) is 11.3. The van der Waals surface area contributed by atoms with Crippen molar-refractivity contribution in [3.05, 3.63) is 28.8 Å². The molecule has 4 heteroatoms. The van der Waals surface area contributed by atoms with Crippen LogP contribution in [0.3, 0.4) is 0 Å². The van der Waals surface area contributed by atoms with Gasteiger partial charge in [0, 0.05) is 6.54 Å². The highest BCUT2D eigenvalue weighted by Crippen LogP contribution is 2.35. The molecule has 0 aliphatic heterocycles. The number of benzene rings is 1. The zero-order valence-corrected chi connectivity index (χ0v) is 11.3. The highest BCUT2D eigenvalue weighted by molar-refractivity contribution is 5.77. The molecule has 0 radical (unpaired) electrons. The number of phenols is 1. The van der Waals surface area contributed by atoms with Gasteiger partial charge in [0.2, 0.25) is 0 Å². The van der Waals surface area contributed by atoms with Crippen LogP contribution >= 0.6 is 0 Å². The average molecular weight is 251 g/mol. The van der Waals surface area contributed by atoms with Crippen LogP contribution < -0.4 is 5.73 Å². The first-order chi connectivity index (χ1) is 8.18. The van der Waals surface area contributed by atoms with Crippen LogP contribution in [0.4, 0.5) is 0 Å². The van der Waals surface area contributed by atoms with E-state index in [-0.39, 0.29) is 17.7 Å². The molecule has 0 aromatic heterocycles. The molecule has 0 amide bonds. The van der Waals surface area contributed by atoms with Gasteiger partial charge in [-0.2, -0.15) is 0 Å². The first-order valence-electron chi connectivity index (χ1n) is 5.95. The Hall–Kier alpha value is -1.55. The van der Waals surface area contributed by atoms with E-state index in [4.69, 9.17) is 5.73 Å². The highest BCUT2D eigenvalue weighted by Gasteiger charge is 2.25. The lowest BCUT2D eigenvalue weighted by Gasteiger charge is -2.24. The minimum Gasteiger partial charge on any atom is -0.508 e. The number of nitrogens with two attached hydrogens (primary N) is 1. The molecule has 0 saturated heterocycles. The van der Waals surface area contributed by atoms with Crippen LogP contribution in [0.2, 0.25) is 0 Å². The number of carbonyl (C=O) groups is 1. The summed E-state index contributed by atoms with van der Waals surface area (Å²) in [5.41, 5.74) is 7.44. The van der Waals surface area contributed by atoms with Crippen molar-refractivity contribution in [1.29, 1.82) is 0 Å². The standard InChI is InChI=1S/C14H21NO3/c1-8-5-12(16)11(14(2,3)4)6-9(8)10(7-15)13(17)18/h5-6,10,16H,7,15H2,1-4H3,(H,17,18). The summed E-state index contributed by atoms with van der Waals surface area (Å²) in [6, 6.07) is 3.37. The molecule has 4 N–H and O–H groups in total. The van der Waals surface area contributed by atoms with Crippen LogP contribution in [0.25, 0.3) is 0 Å². The van der Waals surface area contributed by atoms with Crippen LogP contribution in [0.15, 0.2) is 12.1 Å². The summed E-state index contributed by atoms with van der Waals surface area (Å²) in [5.74, 6) is -1.47. The molecule has 0 aliphatic carbocycles. The third kappa shape index (κ3) is 2.82. The first-order valence-corrected chi connectivity index (χ1v) is 5.95. The Bertz CT molecular complexity index is 461. The van der Waals surface area contributed by atoms with Crippen molar-refractivity contribution >= 4 is 5.97 Å². The number of aliphatic carboxylic acids is 1. The molecule has 4 nitrogen and oxygen atoms in total. The minimum atomic E-state index is -0.939. The first kappa shape index (κ1) is 14.5. The van der Waals surface area contributed by atoms with E-state index in [2.05, 4.69) is 0 Å². The second kappa shape index (κ2) is 4.98. The largest absolute Gasteiger partial charge is 0.508 e. The molecular weight excluding hydrogens is 230 g/mol. The van der Waals surface area contributed by atoms with E-state index in [0.717, 1.165) is 11.1 Å². The van der Waals surface area contributed by atoms with E-state index >= 15 is 0 Å². The normalized spacial score (nSPS) is 13.4. The van der Waals surface area contributed by atoms with E-state index in [1.54, 1.807) is 19.1 Å². The SMILES string of the molecule is Cc1cc(O)c(C(C)(C)C)cc1C(CN)C(=O)O. The lowest BCUT2D eigenvalue weighted by Crippen LogP contribution is -2.23. The quantitative estimate of drug-likeness (QED) is 0.768. The predicted molar refractivity (Wildman–Crippen MR) is 71.0 cm³/mol. The molecule has 0 heterocycles. The Morgan fingerprint density at radius 1 is 1.39 bits per heavy atom. The lowest BCUT2D eigenvalue weighted by atomic mass is 9.82. The summed E-state index contributed by atoms with van der Waals surface area (Å²) in [6.45, 7) is 7.75. The van der Waals surface area contributed by atoms with Crippen LogP contribution in [-0.4, -0.2) is 22.7 Å². The van der Waals surface area contributed by atoms with Crippen molar-refractivity contribution in [3.63, 3.8) is 0 Å². The number of rotatable bonds is 3. The second-order valence-corrected chi connectivity index (χ2v) is 5.60. The molecule has 0 spiro atoms. The van der Waals surface area contributed by atoms with Crippen molar-refractivity contribution in [2.45, 2.75) is 39.0 Å².